The lowest BCUT2D eigenvalue weighted by molar-refractivity contribution is -0.145. The van der Waals surface area contributed by atoms with Crippen LogP contribution in [0.3, 0.4) is 0 Å². The zero-order chi connectivity index (χ0) is 29.4. The highest BCUT2D eigenvalue weighted by Crippen LogP contribution is 2.25. The van der Waals surface area contributed by atoms with Crippen molar-refractivity contribution in [3.63, 3.8) is 0 Å². The van der Waals surface area contributed by atoms with Crippen molar-refractivity contribution in [3.05, 3.63) is 59.0 Å². The number of esters is 1. The molecule has 1 aliphatic rings. The zero-order valence-corrected chi connectivity index (χ0v) is 23.4. The minimum Gasteiger partial charge on any atom is -0.464 e. The number of carbonyl (C=O) groups excluding carboxylic acids is 3. The van der Waals surface area contributed by atoms with Crippen LogP contribution >= 0.6 is 11.8 Å². The maximum atomic E-state index is 14.0. The standard InChI is InChI=1S/C27H34F3N5O4S/c1-4-39-27(38)24(15(2)3)34-22-6-5-16(13-32-22)14-33-25(37)26-35(7-8-40-26)23(36)11-18(31)9-17-10-20(29)21(30)12-19(17)28/h5-6,10,12-13,15,18,24,26H,4,7-9,11,14,31H2,1-3H3,(H,32,34)(H,33,37)/t18-,24?,26+/m1/s1. The number of ether oxygens (including phenoxy) is 1. The van der Waals surface area contributed by atoms with Crippen LogP contribution in [0.2, 0.25) is 0 Å². The number of nitrogens with one attached hydrogen (secondary N) is 2. The fourth-order valence-electron chi connectivity index (χ4n) is 4.14. The predicted octanol–water partition coefficient (Wildman–Crippen LogP) is 2.98. The Balaban J connectivity index is 1.52. The van der Waals surface area contributed by atoms with Crippen LogP contribution in [0.15, 0.2) is 30.5 Å². The van der Waals surface area contributed by atoms with E-state index in [0.29, 0.717) is 29.7 Å². The van der Waals surface area contributed by atoms with Gasteiger partial charge in [-0.1, -0.05) is 19.9 Å². The summed E-state index contributed by atoms with van der Waals surface area (Å²) >= 11 is 1.31. The molecule has 0 saturated carbocycles. The molecule has 2 amide bonds. The molecule has 4 N–H and O–H groups in total. The number of nitrogens with two attached hydrogens (primary N) is 1. The fourth-order valence-corrected chi connectivity index (χ4v) is 5.30. The Morgan fingerprint density at radius 3 is 2.55 bits per heavy atom. The quantitative estimate of drug-likeness (QED) is 0.258. The van der Waals surface area contributed by atoms with Crippen molar-refractivity contribution in [2.75, 3.05) is 24.2 Å². The number of thioether (sulfide) groups is 1. The Labute approximate surface area is 235 Å². The first-order valence-electron chi connectivity index (χ1n) is 13.0. The average Bonchev–Trinajstić information content (AvgIpc) is 3.40. The van der Waals surface area contributed by atoms with E-state index in [1.54, 1.807) is 25.3 Å². The molecule has 1 aliphatic heterocycles. The molecule has 2 heterocycles. The van der Waals surface area contributed by atoms with Gasteiger partial charge in [0.2, 0.25) is 5.91 Å². The van der Waals surface area contributed by atoms with Crippen LogP contribution in [-0.4, -0.2) is 64.0 Å². The van der Waals surface area contributed by atoms with E-state index in [1.165, 1.54) is 16.7 Å². The Hall–Kier alpha value is -3.32. The molecule has 1 unspecified atom stereocenters. The van der Waals surface area contributed by atoms with E-state index in [9.17, 15) is 27.6 Å². The van der Waals surface area contributed by atoms with Gasteiger partial charge in [0.05, 0.1) is 6.61 Å². The highest BCUT2D eigenvalue weighted by Gasteiger charge is 2.35. The summed E-state index contributed by atoms with van der Waals surface area (Å²) in [5, 5.41) is 5.12. The first-order valence-corrected chi connectivity index (χ1v) is 14.0. The van der Waals surface area contributed by atoms with E-state index in [2.05, 4.69) is 15.6 Å². The van der Waals surface area contributed by atoms with Gasteiger partial charge in [0.25, 0.3) is 5.91 Å². The van der Waals surface area contributed by atoms with Crippen molar-refractivity contribution in [2.24, 2.45) is 11.7 Å². The van der Waals surface area contributed by atoms with Gasteiger partial charge < -0.3 is 26.0 Å². The molecule has 0 spiro atoms. The fraction of sp³-hybridized carbons (Fsp3) is 0.481. The number of rotatable bonds is 12. The zero-order valence-electron chi connectivity index (χ0n) is 22.6. The van der Waals surface area contributed by atoms with E-state index >= 15 is 0 Å². The second-order valence-corrected chi connectivity index (χ2v) is 10.9. The lowest BCUT2D eigenvalue weighted by Gasteiger charge is -2.24. The Bertz CT molecular complexity index is 1200. The largest absolute Gasteiger partial charge is 0.464 e. The van der Waals surface area contributed by atoms with Crippen LogP contribution in [0.1, 0.15) is 38.3 Å². The number of pyridine rings is 1. The van der Waals surface area contributed by atoms with Crippen LogP contribution in [0.4, 0.5) is 19.0 Å². The Kier molecular flexibility index (Phi) is 11.2. The van der Waals surface area contributed by atoms with Gasteiger partial charge >= 0.3 is 5.97 Å². The molecule has 0 aliphatic carbocycles. The van der Waals surface area contributed by atoms with Crippen molar-refractivity contribution in [2.45, 2.75) is 57.6 Å². The number of nitrogens with zero attached hydrogens (tertiary/aromatic N) is 2. The van der Waals surface area contributed by atoms with Crippen molar-refractivity contribution in [3.8, 4) is 0 Å². The molecular weight excluding hydrogens is 547 g/mol. The molecule has 218 valence electrons. The minimum atomic E-state index is -1.30. The summed E-state index contributed by atoms with van der Waals surface area (Å²) in [6, 6.07) is 3.25. The predicted molar refractivity (Wildman–Crippen MR) is 146 cm³/mol. The number of amides is 2. The topological polar surface area (TPSA) is 127 Å². The summed E-state index contributed by atoms with van der Waals surface area (Å²) in [5.41, 5.74) is 6.59. The summed E-state index contributed by atoms with van der Waals surface area (Å²) in [6.07, 6.45) is 1.22. The maximum Gasteiger partial charge on any atom is 0.328 e. The van der Waals surface area contributed by atoms with Crippen molar-refractivity contribution < 1.29 is 32.3 Å². The molecule has 1 saturated heterocycles. The summed E-state index contributed by atoms with van der Waals surface area (Å²) < 4.78 is 45.7. The van der Waals surface area contributed by atoms with E-state index in [-0.39, 0.29) is 55.3 Å². The molecule has 2 aromatic rings. The molecule has 13 heteroatoms. The van der Waals surface area contributed by atoms with Crippen LogP contribution in [0, 0.1) is 23.4 Å². The summed E-state index contributed by atoms with van der Waals surface area (Å²) in [5.74, 6) is -3.52. The summed E-state index contributed by atoms with van der Waals surface area (Å²) in [4.78, 5) is 43.7. The van der Waals surface area contributed by atoms with Crippen LogP contribution in [-0.2, 0) is 32.1 Å². The third-order valence-corrected chi connectivity index (χ3v) is 7.45. The molecule has 1 fully saturated rings. The molecule has 0 radical (unpaired) electrons. The number of hydrogen-bond acceptors (Lipinski definition) is 8. The molecule has 40 heavy (non-hydrogen) atoms. The van der Waals surface area contributed by atoms with E-state index in [0.717, 1.165) is 6.07 Å². The lowest BCUT2D eigenvalue weighted by atomic mass is 10.0. The van der Waals surface area contributed by atoms with Gasteiger partial charge in [-0.05, 0) is 42.5 Å². The number of carbonyl (C=O) groups is 3. The maximum absolute atomic E-state index is 14.0. The molecule has 0 bridgehead atoms. The summed E-state index contributed by atoms with van der Waals surface area (Å²) in [7, 11) is 0. The number of benzene rings is 1. The van der Waals surface area contributed by atoms with Gasteiger partial charge in [-0.15, -0.1) is 11.8 Å². The smallest absolute Gasteiger partial charge is 0.328 e. The Morgan fingerprint density at radius 2 is 1.90 bits per heavy atom. The highest BCUT2D eigenvalue weighted by atomic mass is 32.2. The van der Waals surface area contributed by atoms with Gasteiger partial charge in [-0.2, -0.15) is 0 Å². The SMILES string of the molecule is CCOC(=O)C(Nc1ccc(CNC(=O)[C@@H]2SCCN2C(=O)C[C@H](N)Cc2cc(F)c(F)cc2F)cn1)C(C)C. The monoisotopic (exact) mass is 581 g/mol. The van der Waals surface area contributed by atoms with E-state index < -0.39 is 34.9 Å². The normalized spacial score (nSPS) is 16.5. The van der Waals surface area contributed by atoms with Crippen molar-refractivity contribution in [1.29, 1.82) is 0 Å². The van der Waals surface area contributed by atoms with Crippen LogP contribution in [0.5, 0.6) is 0 Å². The minimum absolute atomic E-state index is 0.0176. The first kappa shape index (κ1) is 31.2. The van der Waals surface area contributed by atoms with E-state index in [4.69, 9.17) is 10.5 Å². The van der Waals surface area contributed by atoms with Crippen molar-refractivity contribution in [1.82, 2.24) is 15.2 Å². The summed E-state index contributed by atoms with van der Waals surface area (Å²) in [6.45, 7) is 6.33. The highest BCUT2D eigenvalue weighted by molar-refractivity contribution is 8.00. The average molecular weight is 582 g/mol. The van der Waals surface area contributed by atoms with Crippen LogP contribution in [0.25, 0.3) is 0 Å². The number of hydrogen-bond donors (Lipinski definition) is 3. The molecule has 1 aromatic heterocycles. The number of aromatic nitrogens is 1. The lowest BCUT2D eigenvalue weighted by Crippen LogP contribution is -2.46. The molecule has 3 atom stereocenters. The molecular formula is C27H34F3N5O4S. The van der Waals surface area contributed by atoms with Gasteiger partial charge in [-0.25, -0.2) is 22.9 Å². The second-order valence-electron chi connectivity index (χ2n) is 9.72. The van der Waals surface area contributed by atoms with Crippen LogP contribution < -0.4 is 16.4 Å². The van der Waals surface area contributed by atoms with Gasteiger partial charge in [0.1, 0.15) is 17.7 Å². The van der Waals surface area contributed by atoms with E-state index in [1.807, 2.05) is 13.8 Å². The number of halogens is 3. The third kappa shape index (κ3) is 8.34. The molecule has 3 rings (SSSR count). The molecule has 1 aromatic carbocycles. The second kappa shape index (κ2) is 14.4. The first-order chi connectivity index (χ1) is 19.0. The van der Waals surface area contributed by atoms with Gasteiger partial charge in [0.15, 0.2) is 17.0 Å². The number of anilines is 1. The third-order valence-electron chi connectivity index (χ3n) is 6.25. The van der Waals surface area contributed by atoms with Gasteiger partial charge in [0, 0.05) is 43.6 Å². The van der Waals surface area contributed by atoms with Crippen molar-refractivity contribution >= 4 is 35.4 Å². The van der Waals surface area contributed by atoms with Gasteiger partial charge in [-0.3, -0.25) is 9.59 Å². The Morgan fingerprint density at radius 1 is 1.18 bits per heavy atom. The molecule has 9 nitrogen and oxygen atoms in total.